The maximum Gasteiger partial charge on any atom is 0.500 e. The summed E-state index contributed by atoms with van der Waals surface area (Å²) in [5.74, 6) is 0. The van der Waals surface area contributed by atoms with Crippen LogP contribution in [0, 0.1) is 0 Å². The predicted octanol–water partition coefficient (Wildman–Crippen LogP) is 2.44. The van der Waals surface area contributed by atoms with E-state index in [1.807, 2.05) is 0 Å². The molecule has 0 saturated carbocycles. The van der Waals surface area contributed by atoms with Gasteiger partial charge < -0.3 is 18.0 Å². The number of hydrogen-bond acceptors (Lipinski definition) is 4. The van der Waals surface area contributed by atoms with E-state index in [0.29, 0.717) is 13.2 Å². The Hall–Kier alpha value is 0.537. The van der Waals surface area contributed by atoms with Crippen molar-refractivity contribution in [1.29, 1.82) is 0 Å². The average Bonchev–Trinajstić information content (AvgIpc) is 2.23. The normalized spacial score (nSPS) is 13.1. The van der Waals surface area contributed by atoms with Gasteiger partial charge in [0.2, 0.25) is 0 Å². The lowest BCUT2D eigenvalue weighted by molar-refractivity contribution is 0.102. The Morgan fingerprint density at radius 1 is 1.06 bits per heavy atom. The first kappa shape index (κ1) is 16.5. The van der Waals surface area contributed by atoms with Gasteiger partial charge in [0.05, 0.1) is 6.61 Å². The molecule has 0 radical (unpaired) electrons. The van der Waals surface area contributed by atoms with Crippen molar-refractivity contribution in [2.45, 2.75) is 30.6 Å². The smallest absolute Gasteiger partial charge is 0.380 e. The van der Waals surface area contributed by atoms with Crippen LogP contribution < -0.4 is 0 Å². The summed E-state index contributed by atoms with van der Waals surface area (Å²) in [6, 6.07) is 0.777. The molecule has 0 fully saturated rings. The van der Waals surface area contributed by atoms with Gasteiger partial charge in [0.25, 0.3) is 0 Å². The van der Waals surface area contributed by atoms with Gasteiger partial charge in [0.15, 0.2) is 0 Å². The lowest BCUT2D eigenvalue weighted by atomic mass is 10.2. The van der Waals surface area contributed by atoms with E-state index in [-0.39, 0.29) is 4.32 Å². The zero-order valence-corrected chi connectivity index (χ0v) is 13.4. The molecule has 98 valence electrons. The van der Waals surface area contributed by atoms with Gasteiger partial charge in [-0.1, -0.05) is 15.9 Å². The zero-order valence-electron chi connectivity index (χ0n) is 10.8. The van der Waals surface area contributed by atoms with Gasteiger partial charge in [-0.25, -0.2) is 0 Å². The number of ether oxygens (including phenoxy) is 1. The van der Waals surface area contributed by atoms with Crippen LogP contribution in [0.4, 0.5) is 0 Å². The summed E-state index contributed by atoms with van der Waals surface area (Å²) >= 11 is 3.52. The lowest BCUT2D eigenvalue weighted by Gasteiger charge is -2.24. The minimum absolute atomic E-state index is 0.0330. The molecule has 0 aliphatic rings. The fourth-order valence-electron chi connectivity index (χ4n) is 1.26. The topological polar surface area (TPSA) is 36.9 Å². The summed E-state index contributed by atoms with van der Waals surface area (Å²) in [7, 11) is 2.47. The van der Waals surface area contributed by atoms with Gasteiger partial charge in [-0.3, -0.25) is 0 Å². The first-order chi connectivity index (χ1) is 7.39. The molecule has 0 aliphatic heterocycles. The maximum absolute atomic E-state index is 5.54. The second-order valence-corrected chi connectivity index (χ2v) is 9.41. The third kappa shape index (κ3) is 6.98. The summed E-state index contributed by atoms with van der Waals surface area (Å²) in [6.07, 6.45) is 0.880. The fourth-order valence-corrected chi connectivity index (χ4v) is 3.11. The van der Waals surface area contributed by atoms with Gasteiger partial charge in [-0.05, 0) is 20.3 Å². The predicted molar refractivity (Wildman–Crippen MR) is 70.0 cm³/mol. The van der Waals surface area contributed by atoms with E-state index in [4.69, 9.17) is 18.0 Å². The Balaban J connectivity index is 3.71. The van der Waals surface area contributed by atoms with Crippen LogP contribution in [-0.2, 0) is 18.0 Å². The summed E-state index contributed by atoms with van der Waals surface area (Å²) < 4.78 is 21.5. The molecule has 6 heteroatoms. The van der Waals surface area contributed by atoms with Gasteiger partial charge in [0, 0.05) is 38.3 Å². The van der Waals surface area contributed by atoms with E-state index >= 15 is 0 Å². The van der Waals surface area contributed by atoms with Crippen LogP contribution in [0.1, 0.15) is 20.3 Å². The van der Waals surface area contributed by atoms with E-state index in [0.717, 1.165) is 12.5 Å². The van der Waals surface area contributed by atoms with Crippen molar-refractivity contribution in [3.8, 4) is 0 Å². The van der Waals surface area contributed by atoms with Crippen LogP contribution in [0.5, 0.6) is 0 Å². The standard InChI is InChI=1S/C10H23BrO4Si/c1-10(2,11)9-15-7-6-8-16(12-3,13-4)14-5/h6-9H2,1-5H3. The SMILES string of the molecule is CO[Si](CCCOCC(C)(C)Br)(OC)OC. The Morgan fingerprint density at radius 3 is 1.94 bits per heavy atom. The van der Waals surface area contributed by atoms with Gasteiger partial charge in [-0.2, -0.15) is 0 Å². The number of halogens is 1. The van der Waals surface area contributed by atoms with Gasteiger partial charge >= 0.3 is 8.80 Å². The van der Waals surface area contributed by atoms with Crippen molar-refractivity contribution in [1.82, 2.24) is 0 Å². The van der Waals surface area contributed by atoms with Crippen LogP contribution in [-0.4, -0.2) is 47.7 Å². The largest absolute Gasteiger partial charge is 0.500 e. The molecule has 4 nitrogen and oxygen atoms in total. The van der Waals surface area contributed by atoms with Crippen molar-refractivity contribution >= 4 is 24.7 Å². The average molecular weight is 315 g/mol. The molecule has 16 heavy (non-hydrogen) atoms. The second kappa shape index (κ2) is 7.78. The number of rotatable bonds is 9. The molecular weight excluding hydrogens is 292 g/mol. The van der Waals surface area contributed by atoms with E-state index in [2.05, 4.69) is 29.8 Å². The van der Waals surface area contributed by atoms with Crippen molar-refractivity contribution < 1.29 is 18.0 Å². The molecule has 0 amide bonds. The molecule has 0 heterocycles. The third-order valence-electron chi connectivity index (χ3n) is 2.15. The highest BCUT2D eigenvalue weighted by atomic mass is 79.9. The zero-order chi connectivity index (χ0) is 12.7. The first-order valence-corrected chi connectivity index (χ1v) is 8.04. The molecule has 0 aromatic heterocycles. The highest BCUT2D eigenvalue weighted by Gasteiger charge is 2.36. The van der Waals surface area contributed by atoms with Crippen LogP contribution in [0.25, 0.3) is 0 Å². The van der Waals surface area contributed by atoms with Crippen molar-refractivity contribution in [3.63, 3.8) is 0 Å². The quantitative estimate of drug-likeness (QED) is 0.372. The summed E-state index contributed by atoms with van der Waals surface area (Å²) in [5.41, 5.74) is 0. The van der Waals surface area contributed by atoms with Crippen LogP contribution in [0.3, 0.4) is 0 Å². The maximum atomic E-state index is 5.54. The summed E-state index contributed by atoms with van der Waals surface area (Å²) in [6.45, 7) is 5.53. The van der Waals surface area contributed by atoms with Crippen molar-refractivity contribution in [3.05, 3.63) is 0 Å². The molecular formula is C10H23BrO4Si. The van der Waals surface area contributed by atoms with Crippen LogP contribution in [0.2, 0.25) is 6.04 Å². The van der Waals surface area contributed by atoms with Crippen molar-refractivity contribution in [2.75, 3.05) is 34.5 Å². The lowest BCUT2D eigenvalue weighted by Crippen LogP contribution is -2.42. The summed E-state index contributed by atoms with van der Waals surface area (Å²) in [4.78, 5) is 0. The number of alkyl halides is 1. The van der Waals surface area contributed by atoms with Crippen LogP contribution >= 0.6 is 15.9 Å². The molecule has 0 unspecified atom stereocenters. The Kier molecular flexibility index (Phi) is 8.05. The van der Waals surface area contributed by atoms with E-state index in [9.17, 15) is 0 Å². The molecule has 0 rings (SSSR count). The molecule has 0 aromatic rings. The fraction of sp³-hybridized carbons (Fsp3) is 1.00. The minimum atomic E-state index is -2.41. The van der Waals surface area contributed by atoms with E-state index in [1.54, 1.807) is 21.3 Å². The summed E-state index contributed by atoms with van der Waals surface area (Å²) in [5, 5.41) is 0. The van der Waals surface area contributed by atoms with E-state index in [1.165, 1.54) is 0 Å². The van der Waals surface area contributed by atoms with E-state index < -0.39 is 8.80 Å². The molecule has 0 aromatic carbocycles. The molecule has 0 N–H and O–H groups in total. The Morgan fingerprint density at radius 2 is 1.56 bits per heavy atom. The van der Waals surface area contributed by atoms with Crippen LogP contribution in [0.15, 0.2) is 0 Å². The van der Waals surface area contributed by atoms with Gasteiger partial charge in [0.1, 0.15) is 0 Å². The molecule has 0 atom stereocenters. The molecule has 0 bridgehead atoms. The Bertz CT molecular complexity index is 172. The minimum Gasteiger partial charge on any atom is -0.380 e. The molecule has 0 aliphatic carbocycles. The monoisotopic (exact) mass is 314 g/mol. The second-order valence-electron chi connectivity index (χ2n) is 4.17. The third-order valence-corrected chi connectivity index (χ3v) is 5.21. The molecule has 0 saturated heterocycles. The van der Waals surface area contributed by atoms with Crippen molar-refractivity contribution in [2.24, 2.45) is 0 Å². The molecule has 0 spiro atoms. The number of hydrogen-bond donors (Lipinski definition) is 0. The van der Waals surface area contributed by atoms with Gasteiger partial charge in [-0.15, -0.1) is 0 Å². The highest BCUT2D eigenvalue weighted by molar-refractivity contribution is 9.10. The first-order valence-electron chi connectivity index (χ1n) is 5.31. The Labute approximate surface area is 108 Å². The highest BCUT2D eigenvalue weighted by Crippen LogP contribution is 2.17.